The van der Waals surface area contributed by atoms with Crippen molar-refractivity contribution in [3.8, 4) is 29.3 Å². The molecule has 0 spiro atoms. The van der Waals surface area contributed by atoms with Gasteiger partial charge in [-0.1, -0.05) is 11.8 Å². The molecule has 7 heteroatoms. The first-order valence-corrected chi connectivity index (χ1v) is 9.08. The highest BCUT2D eigenvalue weighted by Crippen LogP contribution is 2.30. The van der Waals surface area contributed by atoms with E-state index in [2.05, 4.69) is 40.8 Å². The van der Waals surface area contributed by atoms with Crippen LogP contribution < -0.4 is 4.74 Å². The van der Waals surface area contributed by atoms with Crippen molar-refractivity contribution in [2.45, 2.75) is 37.9 Å². The molecular weight excluding hydrogens is 334 g/mol. The molecule has 2 rings (SSSR count). The van der Waals surface area contributed by atoms with Gasteiger partial charge in [-0.05, 0) is 44.5 Å². The Morgan fingerprint density at radius 2 is 1.92 bits per heavy atom. The summed E-state index contributed by atoms with van der Waals surface area (Å²) in [5.41, 5.74) is 0.968. The highest BCUT2D eigenvalue weighted by atomic mass is 32.2. The largest absolute Gasteiger partial charge is 0.497 e. The molecule has 0 bridgehead atoms. The fourth-order valence-corrected chi connectivity index (χ4v) is 3.50. The van der Waals surface area contributed by atoms with Crippen LogP contribution >= 0.6 is 11.8 Å². The van der Waals surface area contributed by atoms with E-state index in [-0.39, 0.29) is 12.0 Å². The third-order valence-corrected chi connectivity index (χ3v) is 4.84. The minimum atomic E-state index is -0.161. The summed E-state index contributed by atoms with van der Waals surface area (Å²) in [7, 11) is 1.64. The van der Waals surface area contributed by atoms with Gasteiger partial charge in [0.15, 0.2) is 11.0 Å². The second kappa shape index (κ2) is 9.10. The van der Waals surface area contributed by atoms with E-state index in [1.807, 2.05) is 24.3 Å². The number of hydrogen-bond acceptors (Lipinski definition) is 6. The minimum Gasteiger partial charge on any atom is -0.497 e. The lowest BCUT2D eigenvalue weighted by atomic mass is 10.1. The van der Waals surface area contributed by atoms with Crippen molar-refractivity contribution < 1.29 is 4.74 Å². The van der Waals surface area contributed by atoms with Crippen LogP contribution in [0.15, 0.2) is 29.4 Å². The summed E-state index contributed by atoms with van der Waals surface area (Å²) in [6, 6.07) is 12.3. The number of hydrogen-bond donors (Lipinski definition) is 0. The molecule has 0 aliphatic heterocycles. The Kier molecular flexibility index (Phi) is 6.85. The van der Waals surface area contributed by atoms with E-state index in [9.17, 15) is 5.26 Å². The Hall–Kier alpha value is -2.51. The molecule has 1 aromatic carbocycles. The second-order valence-electron chi connectivity index (χ2n) is 5.83. The standard InChI is InChI=1S/C18H21N5OS/c1-13(2)23-17(15-6-8-16(24-3)9-7-15)21-22-18(23)25-12-14(11-20)5-4-10-19/h6-9,13-14H,4-5,12H2,1-3H3/t14-/m0/s1. The van der Waals surface area contributed by atoms with Crippen LogP contribution in [0.3, 0.4) is 0 Å². The molecule has 2 aromatic rings. The zero-order valence-electron chi connectivity index (χ0n) is 14.6. The highest BCUT2D eigenvalue weighted by molar-refractivity contribution is 7.99. The summed E-state index contributed by atoms with van der Waals surface area (Å²) >= 11 is 1.51. The number of nitrogens with zero attached hydrogens (tertiary/aromatic N) is 5. The van der Waals surface area contributed by atoms with E-state index in [1.165, 1.54) is 11.8 Å². The zero-order chi connectivity index (χ0) is 18.2. The van der Waals surface area contributed by atoms with Gasteiger partial charge in [0.05, 0.1) is 25.2 Å². The first kappa shape index (κ1) is 18.8. The maximum Gasteiger partial charge on any atom is 0.191 e. The highest BCUT2D eigenvalue weighted by Gasteiger charge is 2.18. The van der Waals surface area contributed by atoms with Crippen LogP contribution in [-0.2, 0) is 0 Å². The fourth-order valence-electron chi connectivity index (χ4n) is 2.38. The van der Waals surface area contributed by atoms with Crippen molar-refractivity contribution in [3.63, 3.8) is 0 Å². The van der Waals surface area contributed by atoms with E-state index in [1.54, 1.807) is 7.11 Å². The molecule has 0 saturated heterocycles. The summed E-state index contributed by atoms with van der Waals surface area (Å²) < 4.78 is 7.27. The molecule has 0 fully saturated rings. The number of nitriles is 2. The van der Waals surface area contributed by atoms with Crippen molar-refractivity contribution in [1.82, 2.24) is 14.8 Å². The predicted molar refractivity (Wildman–Crippen MR) is 97.1 cm³/mol. The lowest BCUT2D eigenvalue weighted by Crippen LogP contribution is -2.07. The SMILES string of the molecule is COc1ccc(-c2nnc(SC[C@H](C#N)CCC#N)n2C(C)C)cc1. The van der Waals surface area contributed by atoms with E-state index in [0.29, 0.717) is 18.6 Å². The molecule has 1 heterocycles. The van der Waals surface area contributed by atoms with Crippen molar-refractivity contribution in [2.24, 2.45) is 5.92 Å². The summed E-state index contributed by atoms with van der Waals surface area (Å²) in [6.07, 6.45) is 0.980. The molecule has 0 amide bonds. The molecular formula is C18H21N5OS. The molecule has 1 atom stereocenters. The Labute approximate surface area is 152 Å². The summed E-state index contributed by atoms with van der Waals surface area (Å²) in [6.45, 7) is 4.16. The van der Waals surface area contributed by atoms with E-state index < -0.39 is 0 Å². The Balaban J connectivity index is 2.21. The van der Waals surface area contributed by atoms with E-state index in [0.717, 1.165) is 22.3 Å². The van der Waals surface area contributed by atoms with Crippen molar-refractivity contribution >= 4 is 11.8 Å². The number of thioether (sulfide) groups is 1. The smallest absolute Gasteiger partial charge is 0.191 e. The van der Waals surface area contributed by atoms with Crippen LogP contribution in [0.25, 0.3) is 11.4 Å². The Morgan fingerprint density at radius 1 is 1.20 bits per heavy atom. The van der Waals surface area contributed by atoms with Crippen LogP contribution in [0.1, 0.15) is 32.7 Å². The first-order valence-electron chi connectivity index (χ1n) is 8.09. The van der Waals surface area contributed by atoms with Gasteiger partial charge in [-0.2, -0.15) is 10.5 Å². The molecule has 1 aromatic heterocycles. The number of aromatic nitrogens is 3. The molecule has 0 unspecified atom stereocenters. The van der Waals surface area contributed by atoms with Gasteiger partial charge in [-0.25, -0.2) is 0 Å². The van der Waals surface area contributed by atoms with Gasteiger partial charge < -0.3 is 4.74 Å². The average Bonchev–Trinajstić information content (AvgIpc) is 3.06. The van der Waals surface area contributed by atoms with Crippen LogP contribution in [-0.4, -0.2) is 27.6 Å². The number of methoxy groups -OCH3 is 1. The molecule has 0 saturated carbocycles. The minimum absolute atomic E-state index is 0.161. The topological polar surface area (TPSA) is 87.5 Å². The average molecular weight is 355 g/mol. The lowest BCUT2D eigenvalue weighted by molar-refractivity contribution is 0.415. The molecule has 25 heavy (non-hydrogen) atoms. The summed E-state index contributed by atoms with van der Waals surface area (Å²) in [5.74, 6) is 2.03. The van der Waals surface area contributed by atoms with Crippen molar-refractivity contribution in [3.05, 3.63) is 24.3 Å². The Bertz CT molecular complexity index is 770. The third kappa shape index (κ3) is 4.74. The number of rotatable bonds is 8. The van der Waals surface area contributed by atoms with Gasteiger partial charge in [-0.15, -0.1) is 10.2 Å². The molecule has 6 nitrogen and oxygen atoms in total. The fraction of sp³-hybridized carbons (Fsp3) is 0.444. The maximum atomic E-state index is 9.21. The van der Waals surface area contributed by atoms with Crippen molar-refractivity contribution in [1.29, 1.82) is 10.5 Å². The predicted octanol–water partition coefficient (Wildman–Crippen LogP) is 4.07. The maximum absolute atomic E-state index is 9.21. The molecule has 130 valence electrons. The van der Waals surface area contributed by atoms with Gasteiger partial charge in [0, 0.05) is 23.8 Å². The van der Waals surface area contributed by atoms with Gasteiger partial charge in [-0.3, -0.25) is 4.57 Å². The van der Waals surface area contributed by atoms with Crippen LogP contribution in [0, 0.1) is 28.6 Å². The lowest BCUT2D eigenvalue weighted by Gasteiger charge is -2.14. The third-order valence-electron chi connectivity index (χ3n) is 3.73. The van der Waals surface area contributed by atoms with Gasteiger partial charge in [0.1, 0.15) is 5.75 Å². The van der Waals surface area contributed by atoms with Gasteiger partial charge in [0.2, 0.25) is 0 Å². The number of benzene rings is 1. The second-order valence-corrected chi connectivity index (χ2v) is 6.82. The quantitative estimate of drug-likeness (QED) is 0.663. The van der Waals surface area contributed by atoms with Gasteiger partial charge >= 0.3 is 0 Å². The zero-order valence-corrected chi connectivity index (χ0v) is 15.5. The molecule has 0 aliphatic rings. The normalized spacial score (nSPS) is 11.8. The van der Waals surface area contributed by atoms with Gasteiger partial charge in [0.25, 0.3) is 0 Å². The summed E-state index contributed by atoms with van der Waals surface area (Å²) in [4.78, 5) is 0. The number of ether oxygens (including phenoxy) is 1. The first-order chi connectivity index (χ1) is 12.1. The van der Waals surface area contributed by atoms with E-state index in [4.69, 9.17) is 10.00 Å². The molecule has 0 radical (unpaired) electrons. The molecule has 0 aliphatic carbocycles. The van der Waals surface area contributed by atoms with Crippen LogP contribution in [0.4, 0.5) is 0 Å². The van der Waals surface area contributed by atoms with Crippen molar-refractivity contribution in [2.75, 3.05) is 12.9 Å². The van der Waals surface area contributed by atoms with Crippen LogP contribution in [0.2, 0.25) is 0 Å². The van der Waals surface area contributed by atoms with Crippen LogP contribution in [0.5, 0.6) is 5.75 Å². The Morgan fingerprint density at radius 3 is 2.48 bits per heavy atom. The van der Waals surface area contributed by atoms with E-state index >= 15 is 0 Å². The monoisotopic (exact) mass is 355 g/mol. The molecule has 0 N–H and O–H groups in total. The summed E-state index contributed by atoms with van der Waals surface area (Å²) in [5, 5.41) is 27.3.